The number of ketones is 1. The number of hydrogen-bond donors (Lipinski definition) is 1. The van der Waals surface area contributed by atoms with Crippen LogP contribution in [0.3, 0.4) is 0 Å². The summed E-state index contributed by atoms with van der Waals surface area (Å²) >= 11 is 1.65. The number of carbonyl (C=O) groups is 2. The maximum Gasteiger partial charge on any atom is 0.336 e. The molecule has 0 bridgehead atoms. The number of nitrogens with one attached hydrogen (secondary N) is 1. The largest absolute Gasteiger partial charge is 0.497 e. The highest BCUT2D eigenvalue weighted by Gasteiger charge is 2.46. The number of furan rings is 1. The Kier molecular flexibility index (Phi) is 6.34. The minimum atomic E-state index is -0.545. The van der Waals surface area contributed by atoms with Gasteiger partial charge in [-0.3, -0.25) is 4.79 Å². The Bertz CT molecular complexity index is 1300. The molecule has 1 aliphatic carbocycles. The number of methoxy groups -OCH3 is 1. The molecule has 1 aromatic carbocycles. The number of allylic oxidation sites excluding steroid dienone is 3. The molecule has 1 N–H and O–H groups in total. The molecule has 3 unspecified atom stereocenters. The van der Waals surface area contributed by atoms with Crippen LogP contribution >= 0.6 is 11.3 Å². The zero-order valence-electron chi connectivity index (χ0n) is 19.9. The summed E-state index contributed by atoms with van der Waals surface area (Å²) in [6.07, 6.45) is 2.52. The van der Waals surface area contributed by atoms with Crippen LogP contribution in [-0.4, -0.2) is 18.9 Å². The fourth-order valence-corrected chi connectivity index (χ4v) is 5.70. The van der Waals surface area contributed by atoms with Gasteiger partial charge in [0, 0.05) is 28.6 Å². The van der Waals surface area contributed by atoms with Crippen molar-refractivity contribution in [2.45, 2.75) is 38.7 Å². The summed E-state index contributed by atoms with van der Waals surface area (Å²) in [7, 11) is 1.61. The van der Waals surface area contributed by atoms with Crippen LogP contribution in [0.15, 0.2) is 81.4 Å². The number of benzene rings is 1. The number of fused-ring (bicyclic) bond motifs is 1. The second-order valence-corrected chi connectivity index (χ2v) is 9.89. The first-order chi connectivity index (χ1) is 16.9. The summed E-state index contributed by atoms with van der Waals surface area (Å²) in [5.41, 5.74) is 2.77. The van der Waals surface area contributed by atoms with Crippen molar-refractivity contribution >= 4 is 23.1 Å². The quantitative estimate of drug-likeness (QED) is 0.453. The predicted octanol–water partition coefficient (Wildman–Crippen LogP) is 5.62. The van der Waals surface area contributed by atoms with Crippen molar-refractivity contribution < 1.29 is 23.5 Å². The third-order valence-corrected chi connectivity index (χ3v) is 7.59. The maximum atomic E-state index is 13.5. The van der Waals surface area contributed by atoms with Gasteiger partial charge in [-0.2, -0.15) is 0 Å². The molecule has 6 nitrogen and oxygen atoms in total. The topological polar surface area (TPSA) is 77.8 Å². The van der Waals surface area contributed by atoms with E-state index < -0.39 is 17.8 Å². The smallest absolute Gasteiger partial charge is 0.336 e. The van der Waals surface area contributed by atoms with Gasteiger partial charge >= 0.3 is 5.97 Å². The van der Waals surface area contributed by atoms with E-state index in [4.69, 9.17) is 13.9 Å². The van der Waals surface area contributed by atoms with Crippen LogP contribution in [0.5, 0.6) is 5.75 Å². The fraction of sp³-hybridized carbons (Fsp3) is 0.286. The zero-order chi connectivity index (χ0) is 24.5. The van der Waals surface area contributed by atoms with E-state index in [-0.39, 0.29) is 18.3 Å². The van der Waals surface area contributed by atoms with Crippen molar-refractivity contribution in [2.24, 2.45) is 5.92 Å². The fourth-order valence-electron chi connectivity index (χ4n) is 4.91. The first kappa shape index (κ1) is 23.2. The third-order valence-electron chi connectivity index (χ3n) is 6.59. The Hall–Kier alpha value is -3.58. The van der Waals surface area contributed by atoms with E-state index in [2.05, 4.69) is 17.5 Å². The van der Waals surface area contributed by atoms with Gasteiger partial charge in [-0.05, 0) is 55.1 Å². The zero-order valence-corrected chi connectivity index (χ0v) is 20.7. The van der Waals surface area contributed by atoms with E-state index in [9.17, 15) is 9.59 Å². The molecule has 0 fully saturated rings. The molecule has 7 heteroatoms. The van der Waals surface area contributed by atoms with Gasteiger partial charge in [0.15, 0.2) is 0 Å². The van der Waals surface area contributed by atoms with Gasteiger partial charge in [-0.25, -0.2) is 4.79 Å². The molecule has 180 valence electrons. The Morgan fingerprint density at radius 1 is 1.11 bits per heavy atom. The summed E-state index contributed by atoms with van der Waals surface area (Å²) in [4.78, 5) is 28.1. The maximum absolute atomic E-state index is 13.5. The highest BCUT2D eigenvalue weighted by molar-refractivity contribution is 7.10. The molecule has 35 heavy (non-hydrogen) atoms. The lowest BCUT2D eigenvalue weighted by Crippen LogP contribution is -2.41. The molecule has 0 spiro atoms. The monoisotopic (exact) mass is 489 g/mol. The lowest BCUT2D eigenvalue weighted by Gasteiger charge is -2.38. The van der Waals surface area contributed by atoms with Crippen molar-refractivity contribution in [1.29, 1.82) is 0 Å². The Morgan fingerprint density at radius 3 is 2.57 bits per heavy atom. The second kappa shape index (κ2) is 9.58. The van der Waals surface area contributed by atoms with E-state index in [0.717, 1.165) is 27.6 Å². The number of hydrogen-bond acceptors (Lipinski definition) is 7. The van der Waals surface area contributed by atoms with Crippen molar-refractivity contribution in [3.63, 3.8) is 0 Å². The predicted molar refractivity (Wildman–Crippen MR) is 133 cm³/mol. The number of Topliss-reactive ketones (excluding diaryl/α,β-unsaturated/α-hetero) is 1. The average molecular weight is 490 g/mol. The van der Waals surface area contributed by atoms with Crippen LogP contribution in [0, 0.1) is 12.8 Å². The van der Waals surface area contributed by atoms with Crippen LogP contribution in [0.1, 0.15) is 47.1 Å². The van der Waals surface area contributed by atoms with E-state index in [0.29, 0.717) is 23.5 Å². The summed E-state index contributed by atoms with van der Waals surface area (Å²) < 4.78 is 16.9. The van der Waals surface area contributed by atoms with E-state index >= 15 is 0 Å². The molecule has 3 heterocycles. The summed E-state index contributed by atoms with van der Waals surface area (Å²) in [6, 6.07) is 15.1. The van der Waals surface area contributed by atoms with Gasteiger partial charge < -0.3 is 19.2 Å². The molecule has 3 atom stereocenters. The van der Waals surface area contributed by atoms with Gasteiger partial charge in [0.05, 0.1) is 24.5 Å². The van der Waals surface area contributed by atoms with Crippen LogP contribution < -0.4 is 10.1 Å². The summed E-state index contributed by atoms with van der Waals surface area (Å²) in [6.45, 7) is 3.82. The molecule has 5 rings (SSSR count). The number of thiophene rings is 1. The Labute approximate surface area is 208 Å². The van der Waals surface area contributed by atoms with E-state index in [1.54, 1.807) is 18.4 Å². The lowest BCUT2D eigenvalue weighted by molar-refractivity contribution is -0.141. The van der Waals surface area contributed by atoms with Gasteiger partial charge in [-0.1, -0.05) is 24.3 Å². The lowest BCUT2D eigenvalue weighted by atomic mass is 9.71. The van der Waals surface area contributed by atoms with E-state index in [1.165, 1.54) is 0 Å². The standard InChI is InChI=1S/C28H27NO5S/c1-16-6-11-23(34-16)27-25(28(31)33-15-18-7-9-20(32-3)10-8-18)17(2)29-21-13-19(14-22(30)26(21)27)24-5-4-12-35-24/h4-13,19,26-27,29H,14-15H2,1-3H3. The Morgan fingerprint density at radius 2 is 1.91 bits per heavy atom. The molecule has 3 aromatic rings. The first-order valence-electron chi connectivity index (χ1n) is 11.6. The van der Waals surface area contributed by atoms with E-state index in [1.807, 2.05) is 61.7 Å². The van der Waals surface area contributed by atoms with Gasteiger partial charge in [0.25, 0.3) is 0 Å². The molecular formula is C28H27NO5S. The van der Waals surface area contributed by atoms with Crippen molar-refractivity contribution in [1.82, 2.24) is 5.32 Å². The Balaban J connectivity index is 1.48. The minimum Gasteiger partial charge on any atom is -0.497 e. The normalized spacial score (nSPS) is 21.7. The highest BCUT2D eigenvalue weighted by Crippen LogP contribution is 2.47. The van der Waals surface area contributed by atoms with Crippen molar-refractivity contribution in [3.8, 4) is 5.75 Å². The van der Waals surface area contributed by atoms with Crippen molar-refractivity contribution in [2.75, 3.05) is 7.11 Å². The SMILES string of the molecule is COc1ccc(COC(=O)C2=C(C)NC3=CC(c4cccs4)CC(=O)C3C2c2ccc(C)o2)cc1. The van der Waals surface area contributed by atoms with Crippen LogP contribution in [0.25, 0.3) is 0 Å². The molecule has 0 saturated carbocycles. The minimum absolute atomic E-state index is 0.0246. The molecular weight excluding hydrogens is 462 g/mol. The summed E-state index contributed by atoms with van der Waals surface area (Å²) in [5, 5.41) is 5.38. The number of carbonyl (C=O) groups excluding carboxylic acids is 2. The van der Waals surface area contributed by atoms with Crippen LogP contribution in [0.4, 0.5) is 0 Å². The molecule has 1 aliphatic heterocycles. The van der Waals surface area contributed by atoms with Crippen molar-refractivity contribution in [3.05, 3.63) is 98.9 Å². The van der Waals surface area contributed by atoms with Crippen LogP contribution in [0.2, 0.25) is 0 Å². The summed E-state index contributed by atoms with van der Waals surface area (Å²) in [5.74, 6) is 0.639. The number of esters is 1. The molecule has 0 amide bonds. The number of rotatable bonds is 6. The number of aryl methyl sites for hydroxylation is 1. The first-order valence-corrected chi connectivity index (χ1v) is 12.4. The van der Waals surface area contributed by atoms with Crippen LogP contribution in [-0.2, 0) is 20.9 Å². The highest BCUT2D eigenvalue weighted by atomic mass is 32.1. The van der Waals surface area contributed by atoms with Gasteiger partial charge in [-0.15, -0.1) is 11.3 Å². The molecule has 0 radical (unpaired) electrons. The second-order valence-electron chi connectivity index (χ2n) is 8.91. The van der Waals surface area contributed by atoms with Gasteiger partial charge in [0.1, 0.15) is 29.7 Å². The molecule has 0 saturated heterocycles. The average Bonchev–Trinajstić information content (AvgIpc) is 3.54. The third kappa shape index (κ3) is 4.56. The molecule has 2 aromatic heterocycles. The molecule has 2 aliphatic rings. The van der Waals surface area contributed by atoms with Gasteiger partial charge in [0.2, 0.25) is 0 Å². The number of ether oxygens (including phenoxy) is 2.